The van der Waals surface area contributed by atoms with E-state index in [-0.39, 0.29) is 5.91 Å². The van der Waals surface area contributed by atoms with Gasteiger partial charge in [0.25, 0.3) is 5.91 Å². The van der Waals surface area contributed by atoms with E-state index in [0.717, 1.165) is 22.4 Å². The second-order valence-corrected chi connectivity index (χ2v) is 7.01. The number of hydrogen-bond acceptors (Lipinski definition) is 4. The summed E-state index contributed by atoms with van der Waals surface area (Å²) in [6.07, 6.45) is -0.944. The number of benzene rings is 2. The number of ether oxygens (including phenoxy) is 2. The van der Waals surface area contributed by atoms with E-state index in [0.29, 0.717) is 15.8 Å². The van der Waals surface area contributed by atoms with Crippen LogP contribution in [0.4, 0.5) is 5.69 Å². The Kier molecular flexibility index (Phi) is 6.42. The lowest BCUT2D eigenvalue weighted by Gasteiger charge is -2.17. The average Bonchev–Trinajstić information content (AvgIpc) is 2.58. The third-order valence-corrected chi connectivity index (χ3v) is 4.66. The lowest BCUT2D eigenvalue weighted by atomic mass is 10.0. The van der Waals surface area contributed by atoms with Crippen LogP contribution in [0.1, 0.15) is 34.0 Å². The number of carbonyl (C=O) groups is 2. The molecule has 2 rings (SSSR count). The number of halogens is 1. The highest BCUT2D eigenvalue weighted by molar-refractivity contribution is 9.10. The van der Waals surface area contributed by atoms with Crippen molar-refractivity contribution in [2.24, 2.45) is 0 Å². The molecule has 0 spiro atoms. The van der Waals surface area contributed by atoms with Crippen molar-refractivity contribution in [3.63, 3.8) is 0 Å². The van der Waals surface area contributed by atoms with Crippen LogP contribution in [-0.4, -0.2) is 25.1 Å². The summed E-state index contributed by atoms with van der Waals surface area (Å²) < 4.78 is 11.0. The van der Waals surface area contributed by atoms with Crippen molar-refractivity contribution in [3.8, 4) is 5.75 Å². The molecule has 1 N–H and O–H groups in total. The Morgan fingerprint density at radius 3 is 2.27 bits per heavy atom. The molecule has 0 aliphatic carbocycles. The fraction of sp³-hybridized carbons (Fsp3) is 0.300. The van der Waals surface area contributed by atoms with E-state index in [1.54, 1.807) is 25.1 Å². The lowest BCUT2D eigenvalue weighted by Crippen LogP contribution is -2.30. The van der Waals surface area contributed by atoms with Gasteiger partial charge in [0.2, 0.25) is 0 Å². The Bertz CT molecular complexity index is 825. The molecule has 6 heteroatoms. The number of hydrogen-bond donors (Lipinski definition) is 1. The Morgan fingerprint density at radius 1 is 1.08 bits per heavy atom. The zero-order valence-electron chi connectivity index (χ0n) is 15.5. The zero-order valence-corrected chi connectivity index (χ0v) is 17.1. The van der Waals surface area contributed by atoms with Crippen LogP contribution in [0.3, 0.4) is 0 Å². The van der Waals surface area contributed by atoms with Gasteiger partial charge in [-0.3, -0.25) is 4.79 Å². The number of nitrogens with one attached hydrogen (secondary N) is 1. The maximum absolute atomic E-state index is 12.5. The van der Waals surface area contributed by atoms with Gasteiger partial charge in [-0.05, 0) is 73.0 Å². The van der Waals surface area contributed by atoms with Crippen LogP contribution in [0.25, 0.3) is 0 Å². The van der Waals surface area contributed by atoms with Crippen molar-refractivity contribution in [2.45, 2.75) is 33.8 Å². The molecule has 0 bridgehead atoms. The molecule has 0 fully saturated rings. The quantitative estimate of drug-likeness (QED) is 0.720. The number of rotatable bonds is 5. The minimum absolute atomic E-state index is 0.298. The maximum Gasteiger partial charge on any atom is 0.340 e. The van der Waals surface area contributed by atoms with E-state index in [1.165, 1.54) is 7.11 Å². The Morgan fingerprint density at radius 2 is 1.69 bits per heavy atom. The van der Waals surface area contributed by atoms with Crippen molar-refractivity contribution in [1.82, 2.24) is 0 Å². The zero-order chi connectivity index (χ0) is 19.4. The number of amides is 1. The molecule has 1 atom stereocenters. The number of aryl methyl sites for hydroxylation is 3. The van der Waals surface area contributed by atoms with Crippen molar-refractivity contribution in [3.05, 3.63) is 57.1 Å². The number of esters is 1. The Balaban J connectivity index is 2.11. The fourth-order valence-corrected chi connectivity index (χ4v) is 3.08. The van der Waals surface area contributed by atoms with Crippen LogP contribution in [0.5, 0.6) is 5.75 Å². The number of anilines is 1. The average molecular weight is 420 g/mol. The molecule has 0 heterocycles. The molecule has 0 aliphatic rings. The third kappa shape index (κ3) is 4.64. The summed E-state index contributed by atoms with van der Waals surface area (Å²) in [5.41, 5.74) is 4.09. The highest BCUT2D eigenvalue weighted by atomic mass is 79.9. The normalized spacial score (nSPS) is 11.6. The molecule has 0 aromatic heterocycles. The van der Waals surface area contributed by atoms with E-state index in [9.17, 15) is 9.59 Å². The highest BCUT2D eigenvalue weighted by Crippen LogP contribution is 2.25. The monoisotopic (exact) mass is 419 g/mol. The van der Waals surface area contributed by atoms with Crippen molar-refractivity contribution in [1.29, 1.82) is 0 Å². The fourth-order valence-electron chi connectivity index (χ4n) is 2.67. The molecular formula is C20H22BrNO4. The molecule has 2 aromatic carbocycles. The van der Waals surface area contributed by atoms with E-state index < -0.39 is 12.1 Å². The van der Waals surface area contributed by atoms with Crippen LogP contribution < -0.4 is 10.1 Å². The molecule has 2 aromatic rings. The highest BCUT2D eigenvalue weighted by Gasteiger charge is 2.22. The summed E-state index contributed by atoms with van der Waals surface area (Å²) in [5.74, 6) is -0.452. The SMILES string of the molecule is COc1ccc(Br)c(C(=O)O[C@H](C)C(=O)Nc2c(C)cc(C)cc2C)c1. The topological polar surface area (TPSA) is 64.6 Å². The smallest absolute Gasteiger partial charge is 0.340 e. The standard InChI is InChI=1S/C20H22BrNO4/c1-11-8-12(2)18(13(3)9-11)22-19(23)14(4)26-20(24)16-10-15(25-5)6-7-17(16)21/h6-10,14H,1-5H3,(H,22,23)/t14-/m1/s1. The maximum atomic E-state index is 12.5. The van der Waals surface area contributed by atoms with E-state index in [2.05, 4.69) is 21.2 Å². The first-order valence-electron chi connectivity index (χ1n) is 8.16. The van der Waals surface area contributed by atoms with Gasteiger partial charge >= 0.3 is 5.97 Å². The van der Waals surface area contributed by atoms with Crippen LogP contribution in [0.15, 0.2) is 34.8 Å². The molecule has 138 valence electrons. The van der Waals surface area contributed by atoms with Gasteiger partial charge in [0.1, 0.15) is 5.75 Å². The molecule has 0 saturated heterocycles. The van der Waals surface area contributed by atoms with Crippen molar-refractivity contribution < 1.29 is 19.1 Å². The van der Waals surface area contributed by atoms with Crippen molar-refractivity contribution in [2.75, 3.05) is 12.4 Å². The predicted molar refractivity (Wildman–Crippen MR) is 105 cm³/mol. The van der Waals surface area contributed by atoms with Crippen LogP contribution >= 0.6 is 15.9 Å². The largest absolute Gasteiger partial charge is 0.497 e. The van der Waals surface area contributed by atoms with Crippen molar-refractivity contribution >= 4 is 33.5 Å². The second-order valence-electron chi connectivity index (χ2n) is 6.16. The van der Waals surface area contributed by atoms with Gasteiger partial charge in [-0.25, -0.2) is 4.79 Å². The minimum Gasteiger partial charge on any atom is -0.497 e. The Labute approximate surface area is 161 Å². The van der Waals surface area contributed by atoms with E-state index in [4.69, 9.17) is 9.47 Å². The van der Waals surface area contributed by atoms with Gasteiger partial charge in [-0.2, -0.15) is 0 Å². The van der Waals surface area contributed by atoms with Crippen LogP contribution in [-0.2, 0) is 9.53 Å². The molecule has 0 aliphatic heterocycles. The van der Waals surface area contributed by atoms with Gasteiger partial charge < -0.3 is 14.8 Å². The first kappa shape index (κ1) is 20.0. The summed E-state index contributed by atoms with van der Waals surface area (Å²) in [5, 5.41) is 2.85. The molecule has 26 heavy (non-hydrogen) atoms. The number of methoxy groups -OCH3 is 1. The molecule has 1 amide bonds. The number of carbonyl (C=O) groups excluding carboxylic acids is 2. The molecular weight excluding hydrogens is 398 g/mol. The lowest BCUT2D eigenvalue weighted by molar-refractivity contribution is -0.123. The first-order chi connectivity index (χ1) is 12.2. The summed E-state index contributed by atoms with van der Waals surface area (Å²) in [4.78, 5) is 24.8. The minimum atomic E-state index is -0.944. The second kappa shape index (κ2) is 8.36. The van der Waals surface area contributed by atoms with Gasteiger partial charge in [-0.15, -0.1) is 0 Å². The molecule has 0 saturated carbocycles. The van der Waals surface area contributed by atoms with Crippen LogP contribution in [0, 0.1) is 20.8 Å². The predicted octanol–water partition coefficient (Wildman–Crippen LogP) is 4.57. The summed E-state index contributed by atoms with van der Waals surface area (Å²) in [6.45, 7) is 7.40. The van der Waals surface area contributed by atoms with Gasteiger partial charge in [0.15, 0.2) is 6.10 Å². The summed E-state index contributed by atoms with van der Waals surface area (Å²) in [7, 11) is 1.51. The molecule has 0 radical (unpaired) electrons. The molecule has 0 unspecified atom stereocenters. The third-order valence-electron chi connectivity index (χ3n) is 3.97. The van der Waals surface area contributed by atoms with Gasteiger partial charge in [0, 0.05) is 10.2 Å². The first-order valence-corrected chi connectivity index (χ1v) is 8.95. The Hall–Kier alpha value is -2.34. The van der Waals surface area contributed by atoms with E-state index >= 15 is 0 Å². The van der Waals surface area contributed by atoms with Gasteiger partial charge in [-0.1, -0.05) is 17.7 Å². The molecule has 5 nitrogen and oxygen atoms in total. The summed E-state index contributed by atoms with van der Waals surface area (Å²) in [6, 6.07) is 8.96. The van der Waals surface area contributed by atoms with Crippen LogP contribution in [0.2, 0.25) is 0 Å². The van der Waals surface area contributed by atoms with Gasteiger partial charge in [0.05, 0.1) is 12.7 Å². The summed E-state index contributed by atoms with van der Waals surface area (Å²) >= 11 is 3.31. The van der Waals surface area contributed by atoms with E-state index in [1.807, 2.05) is 32.9 Å².